The van der Waals surface area contributed by atoms with E-state index in [1.165, 1.54) is 18.4 Å². The van der Waals surface area contributed by atoms with E-state index in [2.05, 4.69) is 15.2 Å². The first kappa shape index (κ1) is 13.2. The minimum absolute atomic E-state index is 0.174. The number of anilines is 1. The van der Waals surface area contributed by atoms with Gasteiger partial charge in [-0.2, -0.15) is 0 Å². The number of thiophene rings is 1. The Morgan fingerprint density at radius 3 is 2.95 bits per heavy atom. The number of carbonyl (C=O) groups excluding carboxylic acids is 1. The van der Waals surface area contributed by atoms with E-state index < -0.39 is 11.9 Å². The second-order valence-corrected chi connectivity index (χ2v) is 4.45. The number of methoxy groups -OCH3 is 1. The Balaban J connectivity index is 2.35. The number of nitrogens with one attached hydrogen (secondary N) is 1. The highest BCUT2D eigenvalue weighted by Crippen LogP contribution is 2.31. The van der Waals surface area contributed by atoms with Crippen molar-refractivity contribution < 1.29 is 24.0 Å². The molecule has 1 amide bonds. The third-order valence-corrected chi connectivity index (χ3v) is 3.07. The summed E-state index contributed by atoms with van der Waals surface area (Å²) >= 11 is 1.33. The topological polar surface area (TPSA) is 102 Å². The van der Waals surface area contributed by atoms with Gasteiger partial charge in [0.25, 0.3) is 5.91 Å². The number of nitrogens with zero attached hydrogens (tertiary/aromatic N) is 1. The lowest BCUT2D eigenvalue weighted by molar-refractivity contribution is -0.119. The standard InChI is InChI=1S/C11H10N2O5S/c1-17-5-7(14)12-10-8(11(15)16)9(13-18-10)6-3-2-4-19-6/h2-4H,5H2,1H3,(H,12,14)(H,15,16). The van der Waals surface area contributed by atoms with Gasteiger partial charge in [-0.3, -0.25) is 10.1 Å². The fourth-order valence-corrected chi connectivity index (χ4v) is 2.16. The fourth-order valence-electron chi connectivity index (χ4n) is 1.45. The van der Waals surface area contributed by atoms with Gasteiger partial charge in [-0.25, -0.2) is 4.79 Å². The lowest BCUT2D eigenvalue weighted by Crippen LogP contribution is -2.18. The largest absolute Gasteiger partial charge is 0.477 e. The smallest absolute Gasteiger partial charge is 0.343 e. The van der Waals surface area contributed by atoms with Crippen molar-refractivity contribution in [2.45, 2.75) is 0 Å². The van der Waals surface area contributed by atoms with Gasteiger partial charge < -0.3 is 14.4 Å². The lowest BCUT2D eigenvalue weighted by Gasteiger charge is -2.01. The van der Waals surface area contributed by atoms with Crippen molar-refractivity contribution in [3.8, 4) is 10.6 Å². The van der Waals surface area contributed by atoms with E-state index in [1.54, 1.807) is 17.5 Å². The number of hydrogen-bond donors (Lipinski definition) is 2. The van der Waals surface area contributed by atoms with Crippen LogP contribution in [-0.2, 0) is 9.53 Å². The van der Waals surface area contributed by atoms with Crippen molar-refractivity contribution in [1.82, 2.24) is 5.16 Å². The predicted octanol–water partition coefficient (Wildman–Crippen LogP) is 1.69. The minimum Gasteiger partial charge on any atom is -0.477 e. The van der Waals surface area contributed by atoms with Gasteiger partial charge in [-0.05, 0) is 11.4 Å². The number of carbonyl (C=O) groups is 2. The third-order valence-electron chi connectivity index (χ3n) is 2.19. The van der Waals surface area contributed by atoms with Crippen LogP contribution in [0.4, 0.5) is 5.88 Å². The van der Waals surface area contributed by atoms with Crippen molar-refractivity contribution in [3.05, 3.63) is 23.1 Å². The molecule has 0 bridgehead atoms. The molecule has 0 fully saturated rings. The van der Waals surface area contributed by atoms with Crippen molar-refractivity contribution >= 4 is 29.1 Å². The van der Waals surface area contributed by atoms with E-state index in [1.807, 2.05) is 0 Å². The van der Waals surface area contributed by atoms with Crippen LogP contribution in [0.2, 0.25) is 0 Å². The normalized spacial score (nSPS) is 10.4. The van der Waals surface area contributed by atoms with Gasteiger partial charge in [-0.1, -0.05) is 11.2 Å². The molecule has 2 aromatic rings. The molecule has 0 atom stereocenters. The van der Waals surface area contributed by atoms with Crippen LogP contribution < -0.4 is 5.32 Å². The minimum atomic E-state index is -1.22. The first-order chi connectivity index (χ1) is 9.13. The van der Waals surface area contributed by atoms with Crippen molar-refractivity contribution in [3.63, 3.8) is 0 Å². The van der Waals surface area contributed by atoms with Crippen LogP contribution in [0.1, 0.15) is 10.4 Å². The van der Waals surface area contributed by atoms with Gasteiger partial charge in [0.05, 0.1) is 4.88 Å². The highest BCUT2D eigenvalue weighted by atomic mass is 32.1. The number of carboxylic acids is 1. The zero-order valence-electron chi connectivity index (χ0n) is 9.87. The number of amides is 1. The molecule has 19 heavy (non-hydrogen) atoms. The highest BCUT2D eigenvalue weighted by Gasteiger charge is 2.25. The molecule has 2 rings (SSSR count). The molecule has 2 aromatic heterocycles. The van der Waals surface area contributed by atoms with Gasteiger partial charge in [0.1, 0.15) is 12.3 Å². The zero-order chi connectivity index (χ0) is 13.8. The molecule has 0 aliphatic heterocycles. The average Bonchev–Trinajstić information content (AvgIpc) is 2.96. The zero-order valence-corrected chi connectivity index (χ0v) is 10.7. The summed E-state index contributed by atoms with van der Waals surface area (Å²) in [5.74, 6) is -1.94. The molecule has 0 aliphatic rings. The van der Waals surface area contributed by atoms with Crippen LogP contribution in [0.25, 0.3) is 10.6 Å². The van der Waals surface area contributed by atoms with Gasteiger partial charge in [0, 0.05) is 7.11 Å². The van der Waals surface area contributed by atoms with E-state index in [4.69, 9.17) is 4.52 Å². The highest BCUT2D eigenvalue weighted by molar-refractivity contribution is 7.13. The molecule has 0 saturated carbocycles. The molecule has 0 unspecified atom stereocenters. The molecular weight excluding hydrogens is 272 g/mol. The monoisotopic (exact) mass is 282 g/mol. The number of aromatic carboxylic acids is 1. The summed E-state index contributed by atoms with van der Waals surface area (Å²) in [6.45, 7) is -0.200. The summed E-state index contributed by atoms with van der Waals surface area (Å²) in [7, 11) is 1.36. The van der Waals surface area contributed by atoms with Crippen molar-refractivity contribution in [2.75, 3.05) is 19.0 Å². The van der Waals surface area contributed by atoms with E-state index in [0.29, 0.717) is 4.88 Å². The van der Waals surface area contributed by atoms with Crippen LogP contribution in [0.3, 0.4) is 0 Å². The number of ether oxygens (including phenoxy) is 1. The van der Waals surface area contributed by atoms with E-state index in [9.17, 15) is 14.7 Å². The van der Waals surface area contributed by atoms with Crippen LogP contribution >= 0.6 is 11.3 Å². The Kier molecular flexibility index (Phi) is 3.93. The summed E-state index contributed by atoms with van der Waals surface area (Å²) < 4.78 is 9.52. The fraction of sp³-hybridized carbons (Fsp3) is 0.182. The van der Waals surface area contributed by atoms with Crippen molar-refractivity contribution in [2.24, 2.45) is 0 Å². The van der Waals surface area contributed by atoms with E-state index in [0.717, 1.165) is 0 Å². The van der Waals surface area contributed by atoms with Gasteiger partial charge >= 0.3 is 5.97 Å². The molecule has 2 heterocycles. The molecular formula is C11H10N2O5S. The maximum absolute atomic E-state index is 11.4. The quantitative estimate of drug-likeness (QED) is 0.865. The second kappa shape index (κ2) is 5.63. The van der Waals surface area contributed by atoms with Gasteiger partial charge in [-0.15, -0.1) is 11.3 Å². The lowest BCUT2D eigenvalue weighted by atomic mass is 10.2. The Labute approximate surface area is 111 Å². The molecule has 100 valence electrons. The Bertz CT molecular complexity index is 590. The second-order valence-electron chi connectivity index (χ2n) is 3.50. The van der Waals surface area contributed by atoms with Crippen LogP contribution in [0.5, 0.6) is 0 Å². The van der Waals surface area contributed by atoms with Crippen LogP contribution in [-0.4, -0.2) is 35.9 Å². The molecule has 0 spiro atoms. The predicted molar refractivity (Wildman–Crippen MR) is 67.3 cm³/mol. The third kappa shape index (κ3) is 2.80. The van der Waals surface area contributed by atoms with E-state index >= 15 is 0 Å². The van der Waals surface area contributed by atoms with Gasteiger partial charge in [0.2, 0.25) is 5.88 Å². The van der Waals surface area contributed by atoms with E-state index in [-0.39, 0.29) is 23.7 Å². The maximum Gasteiger partial charge on any atom is 0.343 e. The first-order valence-corrected chi connectivity index (χ1v) is 6.07. The molecule has 8 heteroatoms. The number of carboxylic acid groups (broad SMARTS) is 1. The summed E-state index contributed by atoms with van der Waals surface area (Å²) in [5.41, 5.74) is 0.0159. The number of aromatic nitrogens is 1. The summed E-state index contributed by atoms with van der Waals surface area (Å²) in [6.07, 6.45) is 0. The molecule has 0 saturated heterocycles. The number of hydrogen-bond acceptors (Lipinski definition) is 6. The number of rotatable bonds is 5. The Hall–Kier alpha value is -2.19. The Morgan fingerprint density at radius 2 is 2.37 bits per heavy atom. The van der Waals surface area contributed by atoms with Crippen LogP contribution in [0.15, 0.2) is 22.0 Å². The average molecular weight is 282 g/mol. The molecule has 0 aliphatic carbocycles. The van der Waals surface area contributed by atoms with Crippen molar-refractivity contribution in [1.29, 1.82) is 0 Å². The molecule has 7 nitrogen and oxygen atoms in total. The molecule has 0 radical (unpaired) electrons. The Morgan fingerprint density at radius 1 is 1.58 bits per heavy atom. The molecule has 0 aromatic carbocycles. The maximum atomic E-state index is 11.4. The van der Waals surface area contributed by atoms with Gasteiger partial charge in [0.15, 0.2) is 5.56 Å². The SMILES string of the molecule is COCC(=O)Nc1onc(-c2cccs2)c1C(=O)O. The summed E-state index contributed by atoms with van der Waals surface area (Å²) in [6, 6.07) is 3.49. The summed E-state index contributed by atoms with van der Waals surface area (Å²) in [5, 5.41) is 17.0. The van der Waals surface area contributed by atoms with Crippen LogP contribution in [0, 0.1) is 0 Å². The first-order valence-electron chi connectivity index (χ1n) is 5.19. The molecule has 2 N–H and O–H groups in total. The summed E-state index contributed by atoms with van der Waals surface area (Å²) in [4.78, 5) is 23.3.